The summed E-state index contributed by atoms with van der Waals surface area (Å²) >= 11 is 0. The maximum absolute atomic E-state index is 12.7. The molecule has 1 aliphatic rings. The number of halogens is 1. The van der Waals surface area contributed by atoms with Crippen LogP contribution >= 0.6 is 12.4 Å². The van der Waals surface area contributed by atoms with Crippen LogP contribution in [0.4, 0.5) is 0 Å². The van der Waals surface area contributed by atoms with Crippen LogP contribution in [0, 0.1) is 0 Å². The van der Waals surface area contributed by atoms with Gasteiger partial charge in [0.25, 0.3) is 5.91 Å². The van der Waals surface area contributed by atoms with Crippen LogP contribution in [0.25, 0.3) is 0 Å². The van der Waals surface area contributed by atoms with Crippen molar-refractivity contribution in [3.63, 3.8) is 0 Å². The highest BCUT2D eigenvalue weighted by atomic mass is 35.5. The maximum atomic E-state index is 12.7. The van der Waals surface area contributed by atoms with Gasteiger partial charge in [-0.05, 0) is 56.3 Å². The summed E-state index contributed by atoms with van der Waals surface area (Å²) in [6.45, 7) is 9.44. The zero-order chi connectivity index (χ0) is 17.4. The third kappa shape index (κ3) is 6.19. The molecule has 0 spiro atoms. The Bertz CT molecular complexity index is 518. The number of para-hydroxylation sites is 1. The fourth-order valence-electron chi connectivity index (χ4n) is 3.33. The summed E-state index contributed by atoms with van der Waals surface area (Å²) in [4.78, 5) is 14.8. The maximum Gasteiger partial charge on any atom is 0.260 e. The zero-order valence-corrected chi connectivity index (χ0v) is 16.6. The van der Waals surface area contributed by atoms with E-state index in [1.807, 2.05) is 23.1 Å². The van der Waals surface area contributed by atoms with E-state index in [0.717, 1.165) is 51.1 Å². The number of benzene rings is 1. The second-order valence-electron chi connectivity index (χ2n) is 6.70. The van der Waals surface area contributed by atoms with Crippen LogP contribution < -0.4 is 10.1 Å². The summed E-state index contributed by atoms with van der Waals surface area (Å²) in [6, 6.07) is 8.44. The number of nitrogens with zero attached hydrogens (tertiary/aromatic N) is 1. The Balaban J connectivity index is 0.00000312. The normalized spacial score (nSPS) is 16.0. The second kappa shape index (κ2) is 11.4. The van der Waals surface area contributed by atoms with E-state index in [0.29, 0.717) is 12.0 Å². The molecule has 1 amide bonds. The van der Waals surface area contributed by atoms with Gasteiger partial charge in [-0.25, -0.2) is 0 Å². The highest BCUT2D eigenvalue weighted by molar-refractivity contribution is 5.85. The van der Waals surface area contributed by atoms with E-state index in [1.165, 1.54) is 5.56 Å². The molecule has 1 saturated heterocycles. The molecule has 1 heterocycles. The molecule has 2 rings (SSSR count). The predicted octanol–water partition coefficient (Wildman–Crippen LogP) is 3.99. The lowest BCUT2D eigenvalue weighted by Crippen LogP contribution is -2.48. The minimum atomic E-state index is 0. The van der Waals surface area contributed by atoms with Crippen LogP contribution in [-0.2, 0) is 4.79 Å². The van der Waals surface area contributed by atoms with Gasteiger partial charge in [0.05, 0.1) is 0 Å². The Morgan fingerprint density at radius 1 is 1.28 bits per heavy atom. The number of hydrogen-bond acceptors (Lipinski definition) is 3. The number of amides is 1. The van der Waals surface area contributed by atoms with Crippen molar-refractivity contribution in [3.05, 3.63) is 29.8 Å². The molecule has 1 N–H and O–H groups in total. The van der Waals surface area contributed by atoms with E-state index in [4.69, 9.17) is 4.74 Å². The smallest absolute Gasteiger partial charge is 0.260 e. The van der Waals surface area contributed by atoms with Crippen molar-refractivity contribution in [2.24, 2.45) is 0 Å². The summed E-state index contributed by atoms with van der Waals surface area (Å²) in [5, 5.41) is 3.37. The quantitative estimate of drug-likeness (QED) is 0.754. The lowest BCUT2D eigenvalue weighted by molar-refractivity contribution is -0.136. The van der Waals surface area contributed by atoms with Crippen molar-refractivity contribution in [2.75, 3.05) is 26.2 Å². The third-order valence-corrected chi connectivity index (χ3v) is 4.95. The molecule has 1 unspecified atom stereocenters. The molecular weight excluding hydrogens is 336 g/mol. The van der Waals surface area contributed by atoms with E-state index in [-0.39, 0.29) is 24.9 Å². The third-order valence-electron chi connectivity index (χ3n) is 4.95. The highest BCUT2D eigenvalue weighted by Crippen LogP contribution is 2.28. The first-order valence-corrected chi connectivity index (χ1v) is 9.39. The van der Waals surface area contributed by atoms with Crippen LogP contribution in [0.2, 0.25) is 0 Å². The Morgan fingerprint density at radius 3 is 2.60 bits per heavy atom. The van der Waals surface area contributed by atoms with Crippen molar-refractivity contribution < 1.29 is 9.53 Å². The zero-order valence-electron chi connectivity index (χ0n) is 15.8. The first-order chi connectivity index (χ1) is 11.7. The molecule has 1 aliphatic heterocycles. The Morgan fingerprint density at radius 2 is 1.96 bits per heavy atom. The monoisotopic (exact) mass is 368 g/mol. The highest BCUT2D eigenvalue weighted by Gasteiger charge is 2.25. The molecule has 0 saturated carbocycles. The number of nitrogens with one attached hydrogen (secondary N) is 1. The summed E-state index contributed by atoms with van der Waals surface area (Å²) in [5.74, 6) is 1.40. The average molecular weight is 369 g/mol. The number of rotatable bonds is 8. The molecule has 25 heavy (non-hydrogen) atoms. The number of hydrogen-bond donors (Lipinski definition) is 1. The first-order valence-electron chi connectivity index (χ1n) is 9.39. The largest absolute Gasteiger partial charge is 0.483 e. The van der Waals surface area contributed by atoms with Gasteiger partial charge < -0.3 is 15.0 Å². The number of carbonyl (C=O) groups is 1. The van der Waals surface area contributed by atoms with Gasteiger partial charge in [-0.15, -0.1) is 12.4 Å². The molecule has 0 aliphatic carbocycles. The van der Waals surface area contributed by atoms with Crippen molar-refractivity contribution in [2.45, 2.75) is 58.4 Å². The fraction of sp³-hybridized carbons (Fsp3) is 0.650. The van der Waals surface area contributed by atoms with Crippen molar-refractivity contribution >= 4 is 18.3 Å². The van der Waals surface area contributed by atoms with E-state index in [9.17, 15) is 4.79 Å². The Labute approximate surface area is 158 Å². The fourth-order valence-corrected chi connectivity index (χ4v) is 3.33. The van der Waals surface area contributed by atoms with E-state index in [2.05, 4.69) is 32.2 Å². The SMILES string of the molecule is CCCN(C(=O)COc1ccccc1C(C)CC)C1CCNCC1.Cl. The molecule has 1 fully saturated rings. The summed E-state index contributed by atoms with van der Waals surface area (Å²) < 4.78 is 5.93. The molecule has 142 valence electrons. The minimum absolute atomic E-state index is 0. The molecule has 1 aromatic rings. The summed E-state index contributed by atoms with van der Waals surface area (Å²) in [6.07, 6.45) is 4.12. The van der Waals surface area contributed by atoms with Gasteiger partial charge >= 0.3 is 0 Å². The molecule has 1 atom stereocenters. The Kier molecular flexibility index (Phi) is 9.91. The molecule has 4 nitrogen and oxygen atoms in total. The van der Waals surface area contributed by atoms with Crippen LogP contribution in [0.1, 0.15) is 57.9 Å². The minimum Gasteiger partial charge on any atom is -0.483 e. The van der Waals surface area contributed by atoms with E-state index < -0.39 is 0 Å². The van der Waals surface area contributed by atoms with E-state index >= 15 is 0 Å². The second-order valence-corrected chi connectivity index (χ2v) is 6.70. The lowest BCUT2D eigenvalue weighted by atomic mass is 9.98. The van der Waals surface area contributed by atoms with Gasteiger partial charge in [-0.3, -0.25) is 4.79 Å². The topological polar surface area (TPSA) is 41.6 Å². The lowest BCUT2D eigenvalue weighted by Gasteiger charge is -2.34. The van der Waals surface area contributed by atoms with Gasteiger partial charge in [0.1, 0.15) is 5.75 Å². The average Bonchev–Trinajstić information content (AvgIpc) is 2.64. The van der Waals surface area contributed by atoms with Gasteiger partial charge in [0.2, 0.25) is 0 Å². The standard InChI is InChI=1S/C20H32N2O2.ClH/c1-4-14-22(17-10-12-21-13-11-17)20(23)15-24-19-9-7-6-8-18(19)16(3)5-2;/h6-9,16-17,21H,4-5,10-15H2,1-3H3;1H. The molecule has 0 bridgehead atoms. The van der Waals surface area contributed by atoms with Crippen LogP contribution in [0.3, 0.4) is 0 Å². The number of ether oxygens (including phenoxy) is 1. The van der Waals surface area contributed by atoms with Crippen molar-refractivity contribution in [1.29, 1.82) is 0 Å². The van der Waals surface area contributed by atoms with Crippen LogP contribution in [0.5, 0.6) is 5.75 Å². The number of piperidine rings is 1. The van der Waals surface area contributed by atoms with Crippen LogP contribution in [-0.4, -0.2) is 43.1 Å². The van der Waals surface area contributed by atoms with Gasteiger partial charge in [-0.1, -0.05) is 39.0 Å². The van der Waals surface area contributed by atoms with Gasteiger partial charge in [0.15, 0.2) is 6.61 Å². The van der Waals surface area contributed by atoms with E-state index in [1.54, 1.807) is 0 Å². The van der Waals surface area contributed by atoms with Crippen molar-refractivity contribution in [1.82, 2.24) is 10.2 Å². The number of carbonyl (C=O) groups excluding carboxylic acids is 1. The molecule has 5 heteroatoms. The first kappa shape index (κ1) is 21.8. The molecular formula is C20H33ClN2O2. The van der Waals surface area contributed by atoms with Crippen LogP contribution in [0.15, 0.2) is 24.3 Å². The molecule has 0 radical (unpaired) electrons. The Hall–Kier alpha value is -1.26. The predicted molar refractivity (Wildman–Crippen MR) is 106 cm³/mol. The van der Waals surface area contributed by atoms with Gasteiger partial charge in [-0.2, -0.15) is 0 Å². The van der Waals surface area contributed by atoms with Gasteiger partial charge in [0, 0.05) is 12.6 Å². The van der Waals surface area contributed by atoms with Crippen molar-refractivity contribution in [3.8, 4) is 5.75 Å². The summed E-state index contributed by atoms with van der Waals surface area (Å²) in [5.41, 5.74) is 1.19. The molecule has 0 aromatic heterocycles. The summed E-state index contributed by atoms with van der Waals surface area (Å²) in [7, 11) is 0. The molecule has 1 aromatic carbocycles.